The number of amides is 2. The quantitative estimate of drug-likeness (QED) is 0.276. The highest BCUT2D eigenvalue weighted by Gasteiger charge is 2.30. The lowest BCUT2D eigenvalue weighted by molar-refractivity contribution is -0.141. The SMILES string of the molecule is CCOc1ccc(CCC(=O)N(Cc2c(Cl)cccc2Cl)[C@@H](Cc2ccccc2)C(=O)NC)cc1OCC. The minimum absolute atomic E-state index is 0.107. The summed E-state index contributed by atoms with van der Waals surface area (Å²) in [7, 11) is 1.57. The second-order valence-corrected chi connectivity index (χ2v) is 9.50. The maximum atomic E-state index is 13.8. The molecule has 3 rings (SSSR count). The molecule has 3 aromatic rings. The van der Waals surface area contributed by atoms with Crippen LogP contribution in [-0.4, -0.2) is 43.0 Å². The van der Waals surface area contributed by atoms with Gasteiger partial charge in [0.2, 0.25) is 11.8 Å². The van der Waals surface area contributed by atoms with Gasteiger partial charge in [-0.1, -0.05) is 65.7 Å². The van der Waals surface area contributed by atoms with E-state index in [-0.39, 0.29) is 24.8 Å². The van der Waals surface area contributed by atoms with Gasteiger partial charge in [-0.2, -0.15) is 0 Å². The minimum Gasteiger partial charge on any atom is -0.490 e. The summed E-state index contributed by atoms with van der Waals surface area (Å²) in [5.74, 6) is 0.871. The Morgan fingerprint density at radius 3 is 2.16 bits per heavy atom. The van der Waals surface area contributed by atoms with Gasteiger partial charge >= 0.3 is 0 Å². The van der Waals surface area contributed by atoms with E-state index in [2.05, 4.69) is 5.32 Å². The van der Waals surface area contributed by atoms with Crippen molar-refractivity contribution in [3.63, 3.8) is 0 Å². The van der Waals surface area contributed by atoms with Crippen LogP contribution < -0.4 is 14.8 Å². The molecule has 0 spiro atoms. The summed E-state index contributed by atoms with van der Waals surface area (Å²) >= 11 is 12.9. The molecule has 0 aliphatic carbocycles. The summed E-state index contributed by atoms with van der Waals surface area (Å²) in [5, 5.41) is 3.61. The first kappa shape index (κ1) is 29.3. The molecule has 1 atom stereocenters. The highest BCUT2D eigenvalue weighted by molar-refractivity contribution is 6.36. The van der Waals surface area contributed by atoms with Crippen LogP contribution in [0.5, 0.6) is 11.5 Å². The first-order valence-corrected chi connectivity index (χ1v) is 13.5. The molecule has 0 aliphatic rings. The Kier molecular flexibility index (Phi) is 11.3. The maximum Gasteiger partial charge on any atom is 0.242 e. The van der Waals surface area contributed by atoms with Gasteiger partial charge in [-0.15, -0.1) is 0 Å². The lowest BCUT2D eigenvalue weighted by Crippen LogP contribution is -2.49. The highest BCUT2D eigenvalue weighted by atomic mass is 35.5. The second kappa shape index (κ2) is 14.6. The van der Waals surface area contributed by atoms with Gasteiger partial charge < -0.3 is 19.7 Å². The second-order valence-electron chi connectivity index (χ2n) is 8.69. The number of carbonyl (C=O) groups excluding carboxylic acids is 2. The van der Waals surface area contributed by atoms with Crippen molar-refractivity contribution in [2.45, 2.75) is 45.7 Å². The molecule has 0 saturated heterocycles. The number of nitrogens with zero attached hydrogens (tertiary/aromatic N) is 1. The molecular weight excluding hydrogens is 523 g/mol. The topological polar surface area (TPSA) is 67.9 Å². The van der Waals surface area contributed by atoms with Gasteiger partial charge in [0.05, 0.1) is 13.2 Å². The van der Waals surface area contributed by atoms with E-state index in [4.69, 9.17) is 32.7 Å². The summed E-state index contributed by atoms with van der Waals surface area (Å²) in [4.78, 5) is 28.5. The number of hydrogen-bond acceptors (Lipinski definition) is 4. The third-order valence-corrected chi connectivity index (χ3v) is 6.85. The van der Waals surface area contributed by atoms with Gasteiger partial charge in [-0.05, 0) is 55.7 Å². The first-order valence-electron chi connectivity index (χ1n) is 12.7. The Hall–Kier alpha value is -3.22. The average molecular weight is 558 g/mol. The number of ether oxygens (including phenoxy) is 2. The van der Waals surface area contributed by atoms with E-state index in [1.807, 2.05) is 62.4 Å². The molecule has 0 aliphatic heterocycles. The fourth-order valence-electron chi connectivity index (χ4n) is 4.22. The van der Waals surface area contributed by atoms with Crippen molar-refractivity contribution in [2.24, 2.45) is 0 Å². The zero-order valence-corrected chi connectivity index (χ0v) is 23.5. The molecule has 1 N–H and O–H groups in total. The zero-order chi connectivity index (χ0) is 27.5. The van der Waals surface area contributed by atoms with Crippen molar-refractivity contribution in [2.75, 3.05) is 20.3 Å². The van der Waals surface area contributed by atoms with Crippen LogP contribution in [0, 0.1) is 0 Å². The predicted molar refractivity (Wildman–Crippen MR) is 152 cm³/mol. The molecule has 0 radical (unpaired) electrons. The van der Waals surface area contributed by atoms with Crippen LogP contribution >= 0.6 is 23.2 Å². The number of nitrogens with one attached hydrogen (secondary N) is 1. The summed E-state index contributed by atoms with van der Waals surface area (Å²) in [6.45, 7) is 4.97. The van der Waals surface area contributed by atoms with Crippen LogP contribution in [0.15, 0.2) is 66.7 Å². The summed E-state index contributed by atoms with van der Waals surface area (Å²) in [6.07, 6.45) is 1.000. The van der Waals surface area contributed by atoms with Crippen molar-refractivity contribution >= 4 is 35.0 Å². The molecule has 8 heteroatoms. The van der Waals surface area contributed by atoms with Crippen molar-refractivity contribution in [3.05, 3.63) is 93.5 Å². The number of carbonyl (C=O) groups is 2. The minimum atomic E-state index is -0.749. The number of hydrogen-bond donors (Lipinski definition) is 1. The Morgan fingerprint density at radius 2 is 1.53 bits per heavy atom. The van der Waals surface area contributed by atoms with Crippen molar-refractivity contribution < 1.29 is 19.1 Å². The Morgan fingerprint density at radius 1 is 0.868 bits per heavy atom. The molecule has 0 bridgehead atoms. The zero-order valence-electron chi connectivity index (χ0n) is 22.0. The van der Waals surface area contributed by atoms with E-state index in [0.29, 0.717) is 53.2 Å². The summed E-state index contributed by atoms with van der Waals surface area (Å²) < 4.78 is 11.4. The smallest absolute Gasteiger partial charge is 0.242 e. The van der Waals surface area contributed by atoms with Crippen molar-refractivity contribution in [1.29, 1.82) is 0 Å². The molecular formula is C30H34Cl2N2O4. The van der Waals surface area contributed by atoms with Crippen LogP contribution in [0.4, 0.5) is 0 Å². The predicted octanol–water partition coefficient (Wildman–Crippen LogP) is 6.11. The Bertz CT molecular complexity index is 1200. The van der Waals surface area contributed by atoms with Crippen LogP contribution in [-0.2, 0) is 29.0 Å². The number of likely N-dealkylation sites (N-methyl/N-ethyl adjacent to an activating group) is 1. The Labute approximate surface area is 234 Å². The largest absolute Gasteiger partial charge is 0.490 e. The molecule has 0 aromatic heterocycles. The third kappa shape index (κ3) is 7.89. The first-order chi connectivity index (χ1) is 18.4. The standard InChI is InChI=1S/C30H34Cl2N2O4/c1-4-37-27-16-14-22(19-28(27)38-5-2)15-17-29(35)34(20-23-24(31)12-9-13-25(23)32)26(30(36)33-3)18-21-10-7-6-8-11-21/h6-14,16,19,26H,4-5,15,17-18,20H2,1-3H3,(H,33,36)/t26-/m0/s1. The van der Waals surface area contributed by atoms with E-state index < -0.39 is 6.04 Å². The molecule has 202 valence electrons. The molecule has 0 unspecified atom stereocenters. The van der Waals surface area contributed by atoms with Gasteiger partial charge in [0.15, 0.2) is 11.5 Å². The third-order valence-electron chi connectivity index (χ3n) is 6.14. The van der Waals surface area contributed by atoms with E-state index in [1.54, 1.807) is 30.1 Å². The van der Waals surface area contributed by atoms with Crippen molar-refractivity contribution in [3.8, 4) is 11.5 Å². The number of benzene rings is 3. The fourth-order valence-corrected chi connectivity index (χ4v) is 4.74. The number of halogens is 2. The molecule has 2 amide bonds. The maximum absolute atomic E-state index is 13.8. The summed E-state index contributed by atoms with van der Waals surface area (Å²) in [6, 6.07) is 19.8. The molecule has 0 saturated carbocycles. The lowest BCUT2D eigenvalue weighted by atomic mass is 10.0. The fraction of sp³-hybridized carbons (Fsp3) is 0.333. The van der Waals surface area contributed by atoms with Gasteiger partial charge in [-0.25, -0.2) is 0 Å². The van der Waals surface area contributed by atoms with Gasteiger partial charge in [-0.3, -0.25) is 9.59 Å². The van der Waals surface area contributed by atoms with Gasteiger partial charge in [0.1, 0.15) is 6.04 Å². The number of rotatable bonds is 13. The van der Waals surface area contributed by atoms with Crippen molar-refractivity contribution in [1.82, 2.24) is 10.2 Å². The molecule has 6 nitrogen and oxygen atoms in total. The molecule has 3 aromatic carbocycles. The lowest BCUT2D eigenvalue weighted by Gasteiger charge is -2.32. The van der Waals surface area contributed by atoms with E-state index in [1.165, 1.54) is 0 Å². The highest BCUT2D eigenvalue weighted by Crippen LogP contribution is 2.30. The van der Waals surface area contributed by atoms with Gasteiger partial charge in [0, 0.05) is 42.0 Å². The van der Waals surface area contributed by atoms with E-state index >= 15 is 0 Å². The molecule has 38 heavy (non-hydrogen) atoms. The Balaban J connectivity index is 1.90. The summed E-state index contributed by atoms with van der Waals surface area (Å²) in [5.41, 5.74) is 2.48. The van der Waals surface area contributed by atoms with Gasteiger partial charge in [0.25, 0.3) is 0 Å². The average Bonchev–Trinajstić information content (AvgIpc) is 2.92. The monoisotopic (exact) mass is 556 g/mol. The van der Waals surface area contributed by atoms with E-state index in [9.17, 15) is 9.59 Å². The van der Waals surface area contributed by atoms with Crippen LogP contribution in [0.2, 0.25) is 10.0 Å². The van der Waals surface area contributed by atoms with Crippen LogP contribution in [0.3, 0.4) is 0 Å². The van der Waals surface area contributed by atoms with Crippen LogP contribution in [0.1, 0.15) is 37.0 Å². The molecule has 0 fully saturated rings. The molecule has 0 heterocycles. The van der Waals surface area contributed by atoms with E-state index in [0.717, 1.165) is 11.1 Å². The number of aryl methyl sites for hydroxylation is 1. The van der Waals surface area contributed by atoms with Crippen LogP contribution in [0.25, 0.3) is 0 Å². The normalized spacial score (nSPS) is 11.5.